The summed E-state index contributed by atoms with van der Waals surface area (Å²) in [4.78, 5) is 8.83. The normalized spacial score (nSPS) is 17.0. The van der Waals surface area contributed by atoms with Gasteiger partial charge in [-0.1, -0.05) is 17.7 Å². The Labute approximate surface area is 188 Å². The Morgan fingerprint density at radius 3 is 2.71 bits per heavy atom. The fraction of sp³-hybridized carbons (Fsp3) is 0.500. The lowest BCUT2D eigenvalue weighted by Gasteiger charge is -2.21. The Balaban J connectivity index is 0.00000280. The molecule has 0 saturated carbocycles. The highest BCUT2D eigenvalue weighted by Crippen LogP contribution is 2.12. The highest BCUT2D eigenvalue weighted by atomic mass is 127. The number of aliphatic imine (C=N–C) groups is 1. The van der Waals surface area contributed by atoms with Gasteiger partial charge in [-0.3, -0.25) is 4.99 Å². The van der Waals surface area contributed by atoms with E-state index in [-0.39, 0.29) is 30.1 Å². The van der Waals surface area contributed by atoms with E-state index in [1.165, 1.54) is 6.42 Å². The summed E-state index contributed by atoms with van der Waals surface area (Å²) in [5, 5.41) is 7.29. The van der Waals surface area contributed by atoms with Crippen molar-refractivity contribution in [1.29, 1.82) is 0 Å². The van der Waals surface area contributed by atoms with Crippen LogP contribution in [0.5, 0.6) is 0 Å². The lowest BCUT2D eigenvalue weighted by atomic mass is 10.1. The summed E-state index contributed by atoms with van der Waals surface area (Å²) in [6.45, 7) is 3.05. The number of guanidine groups is 1. The predicted octanol–water partition coefficient (Wildman–Crippen LogP) is 3.84. The molecule has 2 N–H and O–H groups in total. The Bertz CT molecular complexity index is 689. The van der Waals surface area contributed by atoms with Crippen LogP contribution in [0.3, 0.4) is 0 Å². The van der Waals surface area contributed by atoms with Gasteiger partial charge in [-0.05, 0) is 49.4 Å². The summed E-state index contributed by atoms with van der Waals surface area (Å²) in [5.41, 5.74) is 1.14. The first kappa shape index (κ1) is 23.0. The van der Waals surface area contributed by atoms with Crippen molar-refractivity contribution in [1.82, 2.24) is 15.6 Å². The molecule has 0 spiro atoms. The second-order valence-corrected chi connectivity index (χ2v) is 6.99. The minimum Gasteiger partial charge on any atom is -0.469 e. The Hall–Kier alpha value is -1.32. The SMILES string of the molecule is Clc1ccc(CCNC(=NCC2CCCCO2)NCCc2ccco2)cn1.I. The van der Waals surface area contributed by atoms with Crippen molar-refractivity contribution in [3.8, 4) is 0 Å². The van der Waals surface area contributed by atoms with Gasteiger partial charge in [0, 0.05) is 32.3 Å². The maximum atomic E-state index is 5.84. The lowest BCUT2D eigenvalue weighted by Crippen LogP contribution is -2.40. The number of nitrogens with one attached hydrogen (secondary N) is 2. The van der Waals surface area contributed by atoms with Crippen molar-refractivity contribution in [2.75, 3.05) is 26.2 Å². The third-order valence-corrected chi connectivity index (χ3v) is 4.69. The van der Waals surface area contributed by atoms with Gasteiger partial charge in [-0.2, -0.15) is 0 Å². The molecule has 0 radical (unpaired) electrons. The second kappa shape index (κ2) is 13.0. The molecule has 1 saturated heterocycles. The van der Waals surface area contributed by atoms with Crippen LogP contribution in [0.2, 0.25) is 5.15 Å². The minimum absolute atomic E-state index is 0. The Kier molecular flexibility index (Phi) is 10.7. The molecule has 8 heteroatoms. The van der Waals surface area contributed by atoms with Gasteiger partial charge in [0.15, 0.2) is 5.96 Å². The number of nitrogens with zero attached hydrogens (tertiary/aromatic N) is 2. The first-order chi connectivity index (χ1) is 13.3. The molecule has 3 heterocycles. The third-order valence-electron chi connectivity index (χ3n) is 4.47. The molecular weight excluding hydrogens is 491 g/mol. The van der Waals surface area contributed by atoms with Crippen molar-refractivity contribution in [3.05, 3.63) is 53.2 Å². The topological polar surface area (TPSA) is 71.7 Å². The van der Waals surface area contributed by atoms with Crippen LogP contribution in [-0.4, -0.2) is 43.3 Å². The fourth-order valence-electron chi connectivity index (χ4n) is 2.96. The molecule has 2 aromatic rings. The number of halogens is 2. The van der Waals surface area contributed by atoms with Gasteiger partial charge in [0.25, 0.3) is 0 Å². The minimum atomic E-state index is 0. The number of hydrogen-bond donors (Lipinski definition) is 2. The Morgan fingerprint density at radius 1 is 1.18 bits per heavy atom. The van der Waals surface area contributed by atoms with Crippen LogP contribution in [0.1, 0.15) is 30.6 Å². The molecule has 28 heavy (non-hydrogen) atoms. The van der Waals surface area contributed by atoms with Crippen molar-refractivity contribution in [2.24, 2.45) is 4.99 Å². The highest BCUT2D eigenvalue weighted by Gasteiger charge is 2.13. The van der Waals surface area contributed by atoms with E-state index < -0.39 is 0 Å². The van der Waals surface area contributed by atoms with E-state index in [2.05, 4.69) is 15.6 Å². The maximum absolute atomic E-state index is 5.84. The standard InChI is InChI=1S/C20H27ClN4O2.HI/c21-19-7-6-16(14-24-19)8-10-22-20(23-11-9-17-5-3-13-26-17)25-15-18-4-1-2-12-27-18;/h3,5-7,13-14,18H,1-2,4,8-12,15H2,(H2,22,23,25);1H. The lowest BCUT2D eigenvalue weighted by molar-refractivity contribution is 0.0224. The maximum Gasteiger partial charge on any atom is 0.191 e. The van der Waals surface area contributed by atoms with E-state index in [4.69, 9.17) is 25.7 Å². The molecule has 3 rings (SSSR count). The fourth-order valence-corrected chi connectivity index (χ4v) is 3.07. The van der Waals surface area contributed by atoms with Crippen LogP contribution >= 0.6 is 35.6 Å². The van der Waals surface area contributed by atoms with E-state index in [9.17, 15) is 0 Å². The molecule has 1 unspecified atom stereocenters. The van der Waals surface area contributed by atoms with Gasteiger partial charge in [0.1, 0.15) is 10.9 Å². The summed E-state index contributed by atoms with van der Waals surface area (Å²) in [5.74, 6) is 1.77. The first-order valence-corrected chi connectivity index (χ1v) is 9.94. The van der Waals surface area contributed by atoms with E-state index in [1.807, 2.05) is 24.3 Å². The van der Waals surface area contributed by atoms with Crippen molar-refractivity contribution < 1.29 is 9.15 Å². The molecule has 0 amide bonds. The van der Waals surface area contributed by atoms with E-state index in [1.54, 1.807) is 12.5 Å². The zero-order valence-corrected chi connectivity index (χ0v) is 19.0. The zero-order valence-electron chi connectivity index (χ0n) is 15.9. The molecule has 2 aromatic heterocycles. The largest absolute Gasteiger partial charge is 0.469 e. The number of pyridine rings is 1. The van der Waals surface area contributed by atoms with Gasteiger partial charge < -0.3 is 19.8 Å². The van der Waals surface area contributed by atoms with Gasteiger partial charge in [-0.15, -0.1) is 24.0 Å². The van der Waals surface area contributed by atoms with E-state index in [0.717, 1.165) is 62.7 Å². The summed E-state index contributed by atoms with van der Waals surface area (Å²) in [6.07, 6.45) is 8.85. The average Bonchev–Trinajstić information content (AvgIpc) is 3.21. The summed E-state index contributed by atoms with van der Waals surface area (Å²) in [6, 6.07) is 7.69. The third kappa shape index (κ3) is 8.36. The van der Waals surface area contributed by atoms with Crippen LogP contribution in [0, 0.1) is 0 Å². The molecule has 1 atom stereocenters. The number of rotatable bonds is 8. The van der Waals surface area contributed by atoms with Gasteiger partial charge in [-0.25, -0.2) is 4.98 Å². The molecule has 1 fully saturated rings. The number of furan rings is 1. The number of hydrogen-bond acceptors (Lipinski definition) is 4. The molecule has 0 aromatic carbocycles. The molecule has 0 aliphatic carbocycles. The van der Waals surface area contributed by atoms with E-state index >= 15 is 0 Å². The smallest absolute Gasteiger partial charge is 0.191 e. The van der Waals surface area contributed by atoms with Gasteiger partial charge in [0.2, 0.25) is 0 Å². The highest BCUT2D eigenvalue weighted by molar-refractivity contribution is 14.0. The van der Waals surface area contributed by atoms with E-state index in [0.29, 0.717) is 11.7 Å². The molecule has 1 aliphatic heterocycles. The zero-order chi connectivity index (χ0) is 18.7. The Morgan fingerprint density at radius 2 is 2.04 bits per heavy atom. The monoisotopic (exact) mass is 518 g/mol. The van der Waals surface area contributed by atoms with Gasteiger partial charge in [0.05, 0.1) is 18.9 Å². The quantitative estimate of drug-likeness (QED) is 0.241. The first-order valence-electron chi connectivity index (χ1n) is 9.56. The van der Waals surface area contributed by atoms with Crippen LogP contribution < -0.4 is 10.6 Å². The van der Waals surface area contributed by atoms with Crippen LogP contribution in [0.25, 0.3) is 0 Å². The summed E-state index contributed by atoms with van der Waals surface area (Å²) >= 11 is 5.84. The molecular formula is C20H28ClIN4O2. The van der Waals surface area contributed by atoms with Crippen molar-refractivity contribution >= 4 is 41.5 Å². The van der Waals surface area contributed by atoms with Crippen LogP contribution in [0.15, 0.2) is 46.1 Å². The predicted molar refractivity (Wildman–Crippen MR) is 123 cm³/mol. The number of ether oxygens (including phenoxy) is 1. The summed E-state index contributed by atoms with van der Waals surface area (Å²) < 4.78 is 11.2. The molecule has 154 valence electrons. The van der Waals surface area contributed by atoms with Crippen LogP contribution in [0.4, 0.5) is 0 Å². The van der Waals surface area contributed by atoms with Crippen LogP contribution in [-0.2, 0) is 17.6 Å². The van der Waals surface area contributed by atoms with Gasteiger partial charge >= 0.3 is 0 Å². The molecule has 0 bridgehead atoms. The van der Waals surface area contributed by atoms with Crippen molar-refractivity contribution in [3.63, 3.8) is 0 Å². The molecule has 6 nitrogen and oxygen atoms in total. The second-order valence-electron chi connectivity index (χ2n) is 6.60. The average molecular weight is 519 g/mol. The molecule has 1 aliphatic rings. The summed E-state index contributed by atoms with van der Waals surface area (Å²) in [7, 11) is 0. The number of aromatic nitrogens is 1. The van der Waals surface area contributed by atoms with Crippen molar-refractivity contribution in [2.45, 2.75) is 38.2 Å².